The van der Waals surface area contributed by atoms with Crippen molar-refractivity contribution in [2.45, 2.75) is 6.92 Å². The molecular formula is C16H12Cl3NO3. The second-order valence-electron chi connectivity index (χ2n) is 4.67. The third kappa shape index (κ3) is 4.38. The summed E-state index contributed by atoms with van der Waals surface area (Å²) in [6.07, 6.45) is 0.562. The van der Waals surface area contributed by atoms with Gasteiger partial charge >= 0.3 is 0 Å². The summed E-state index contributed by atoms with van der Waals surface area (Å²) in [5.41, 5.74) is 1.51. The molecule has 2 aromatic carbocycles. The van der Waals surface area contributed by atoms with Crippen LogP contribution in [-0.4, -0.2) is 18.8 Å². The zero-order valence-electron chi connectivity index (χ0n) is 12.0. The smallest absolute Gasteiger partial charge is 0.262 e. The van der Waals surface area contributed by atoms with Gasteiger partial charge in [0.05, 0.1) is 10.6 Å². The predicted molar refractivity (Wildman–Crippen MR) is 92.2 cm³/mol. The quantitative estimate of drug-likeness (QED) is 0.768. The summed E-state index contributed by atoms with van der Waals surface area (Å²) >= 11 is 17.8. The second kappa shape index (κ2) is 7.68. The number of anilines is 1. The molecule has 1 N–H and O–H groups in total. The van der Waals surface area contributed by atoms with E-state index in [1.807, 2.05) is 0 Å². The fourth-order valence-electron chi connectivity index (χ4n) is 1.89. The van der Waals surface area contributed by atoms with Crippen molar-refractivity contribution in [1.29, 1.82) is 0 Å². The van der Waals surface area contributed by atoms with E-state index in [2.05, 4.69) is 5.32 Å². The van der Waals surface area contributed by atoms with Crippen molar-refractivity contribution in [3.8, 4) is 5.75 Å². The van der Waals surface area contributed by atoms with Gasteiger partial charge in [0.2, 0.25) is 0 Å². The van der Waals surface area contributed by atoms with Gasteiger partial charge in [0, 0.05) is 15.7 Å². The van der Waals surface area contributed by atoms with Crippen LogP contribution in [-0.2, 0) is 4.79 Å². The Hall–Kier alpha value is -1.75. The number of halogens is 3. The highest BCUT2D eigenvalue weighted by molar-refractivity contribution is 6.36. The van der Waals surface area contributed by atoms with E-state index in [4.69, 9.17) is 39.5 Å². The van der Waals surface area contributed by atoms with E-state index in [1.54, 1.807) is 25.1 Å². The average Bonchev–Trinajstić information content (AvgIpc) is 2.50. The SMILES string of the molecule is Cc1c(Cl)cccc1NC(=O)COc1c(Cl)cc(Cl)cc1C=O. The average molecular weight is 373 g/mol. The number of carbonyl (C=O) groups is 2. The van der Waals surface area contributed by atoms with Crippen LogP contribution in [0.5, 0.6) is 5.75 Å². The Labute approximate surface area is 148 Å². The summed E-state index contributed by atoms with van der Waals surface area (Å²) < 4.78 is 5.35. The number of nitrogens with one attached hydrogen (secondary N) is 1. The number of hydrogen-bond donors (Lipinski definition) is 1. The van der Waals surface area contributed by atoms with Gasteiger partial charge in [-0.2, -0.15) is 0 Å². The van der Waals surface area contributed by atoms with Gasteiger partial charge in [0.1, 0.15) is 5.75 Å². The van der Waals surface area contributed by atoms with Crippen molar-refractivity contribution in [3.63, 3.8) is 0 Å². The Balaban J connectivity index is 2.08. The highest BCUT2D eigenvalue weighted by Crippen LogP contribution is 2.31. The molecule has 0 saturated heterocycles. The fourth-order valence-corrected chi connectivity index (χ4v) is 2.63. The first-order chi connectivity index (χ1) is 10.9. The standard InChI is InChI=1S/C16H12Cl3NO3/c1-9-12(18)3-2-4-14(9)20-15(22)8-23-16-10(7-21)5-11(17)6-13(16)19/h2-7H,8H2,1H3,(H,20,22). The van der Waals surface area contributed by atoms with E-state index in [9.17, 15) is 9.59 Å². The Morgan fingerprint density at radius 2 is 1.96 bits per heavy atom. The van der Waals surface area contributed by atoms with Crippen LogP contribution in [0.2, 0.25) is 15.1 Å². The molecule has 0 unspecified atom stereocenters. The van der Waals surface area contributed by atoms with E-state index in [-0.39, 0.29) is 22.9 Å². The lowest BCUT2D eigenvalue weighted by atomic mass is 10.2. The zero-order valence-corrected chi connectivity index (χ0v) is 14.3. The molecule has 0 heterocycles. The van der Waals surface area contributed by atoms with Crippen LogP contribution < -0.4 is 10.1 Å². The first-order valence-corrected chi connectivity index (χ1v) is 7.67. The monoisotopic (exact) mass is 371 g/mol. The number of aldehydes is 1. The molecule has 0 saturated carbocycles. The van der Waals surface area contributed by atoms with Crippen LogP contribution in [0.25, 0.3) is 0 Å². The molecule has 1 amide bonds. The largest absolute Gasteiger partial charge is 0.481 e. The van der Waals surface area contributed by atoms with E-state index in [1.165, 1.54) is 12.1 Å². The van der Waals surface area contributed by atoms with Crippen LogP contribution in [0.15, 0.2) is 30.3 Å². The Kier molecular flexibility index (Phi) is 5.88. The number of carbonyl (C=O) groups excluding carboxylic acids is 2. The van der Waals surface area contributed by atoms with E-state index in [0.29, 0.717) is 22.0 Å². The van der Waals surface area contributed by atoms with E-state index in [0.717, 1.165) is 5.56 Å². The van der Waals surface area contributed by atoms with Crippen molar-refractivity contribution in [1.82, 2.24) is 0 Å². The fraction of sp³-hybridized carbons (Fsp3) is 0.125. The number of hydrogen-bond acceptors (Lipinski definition) is 3. The minimum absolute atomic E-state index is 0.115. The van der Waals surface area contributed by atoms with Gasteiger partial charge in [-0.3, -0.25) is 9.59 Å². The summed E-state index contributed by atoms with van der Waals surface area (Å²) in [6, 6.07) is 8.03. The van der Waals surface area contributed by atoms with Gasteiger partial charge in [-0.25, -0.2) is 0 Å². The van der Waals surface area contributed by atoms with Gasteiger partial charge in [0.25, 0.3) is 5.91 Å². The van der Waals surface area contributed by atoms with Gasteiger partial charge < -0.3 is 10.1 Å². The van der Waals surface area contributed by atoms with Crippen LogP contribution >= 0.6 is 34.8 Å². The van der Waals surface area contributed by atoms with E-state index >= 15 is 0 Å². The summed E-state index contributed by atoms with van der Waals surface area (Å²) in [6.45, 7) is 1.48. The van der Waals surface area contributed by atoms with Gasteiger partial charge in [0.15, 0.2) is 12.9 Å². The predicted octanol–water partition coefficient (Wildman–Crippen LogP) is 4.79. The van der Waals surface area contributed by atoms with Crippen molar-refractivity contribution >= 4 is 52.7 Å². The molecule has 0 aliphatic heterocycles. The lowest BCUT2D eigenvalue weighted by Crippen LogP contribution is -2.21. The summed E-state index contributed by atoms with van der Waals surface area (Å²) in [5.74, 6) is -0.290. The molecule has 0 aliphatic carbocycles. The highest BCUT2D eigenvalue weighted by Gasteiger charge is 2.13. The third-order valence-corrected chi connectivity index (χ3v) is 3.96. The van der Waals surface area contributed by atoms with E-state index < -0.39 is 5.91 Å². The first-order valence-electron chi connectivity index (χ1n) is 6.54. The number of amides is 1. The number of rotatable bonds is 5. The molecule has 23 heavy (non-hydrogen) atoms. The van der Waals surface area contributed by atoms with Crippen molar-refractivity contribution in [2.75, 3.05) is 11.9 Å². The van der Waals surface area contributed by atoms with Crippen molar-refractivity contribution in [2.24, 2.45) is 0 Å². The molecule has 4 nitrogen and oxygen atoms in total. The molecule has 0 aliphatic rings. The molecule has 120 valence electrons. The minimum Gasteiger partial charge on any atom is -0.481 e. The number of ether oxygens (including phenoxy) is 1. The molecular weight excluding hydrogens is 361 g/mol. The molecule has 2 rings (SSSR count). The van der Waals surface area contributed by atoms with Crippen LogP contribution in [0.1, 0.15) is 15.9 Å². The van der Waals surface area contributed by atoms with Gasteiger partial charge in [-0.1, -0.05) is 40.9 Å². The van der Waals surface area contributed by atoms with Crippen LogP contribution in [0, 0.1) is 6.92 Å². The molecule has 2 aromatic rings. The Morgan fingerprint density at radius 3 is 2.65 bits per heavy atom. The van der Waals surface area contributed by atoms with Gasteiger partial charge in [-0.15, -0.1) is 0 Å². The molecule has 0 bridgehead atoms. The molecule has 0 spiro atoms. The first kappa shape index (κ1) is 17.6. The molecule has 7 heteroatoms. The topological polar surface area (TPSA) is 55.4 Å². The summed E-state index contributed by atoms with van der Waals surface area (Å²) in [4.78, 5) is 23.0. The maximum atomic E-state index is 12.0. The number of benzene rings is 2. The maximum absolute atomic E-state index is 12.0. The Bertz CT molecular complexity index is 762. The zero-order chi connectivity index (χ0) is 17.0. The second-order valence-corrected chi connectivity index (χ2v) is 5.92. The Morgan fingerprint density at radius 1 is 1.22 bits per heavy atom. The molecule has 0 fully saturated rings. The molecule has 0 radical (unpaired) electrons. The van der Waals surface area contributed by atoms with Crippen LogP contribution in [0.4, 0.5) is 5.69 Å². The van der Waals surface area contributed by atoms with Gasteiger partial charge in [-0.05, 0) is 36.8 Å². The van der Waals surface area contributed by atoms with Crippen molar-refractivity contribution < 1.29 is 14.3 Å². The van der Waals surface area contributed by atoms with Crippen molar-refractivity contribution in [3.05, 3.63) is 56.5 Å². The summed E-state index contributed by atoms with van der Waals surface area (Å²) in [5, 5.41) is 3.70. The lowest BCUT2D eigenvalue weighted by molar-refractivity contribution is -0.118. The minimum atomic E-state index is -0.404. The molecule has 0 aromatic heterocycles. The normalized spacial score (nSPS) is 10.3. The lowest BCUT2D eigenvalue weighted by Gasteiger charge is -2.12. The molecule has 0 atom stereocenters. The maximum Gasteiger partial charge on any atom is 0.262 e. The third-order valence-electron chi connectivity index (χ3n) is 3.05. The summed E-state index contributed by atoms with van der Waals surface area (Å²) in [7, 11) is 0. The van der Waals surface area contributed by atoms with Crippen LogP contribution in [0.3, 0.4) is 0 Å². The highest BCUT2D eigenvalue weighted by atomic mass is 35.5.